The van der Waals surface area contributed by atoms with Crippen LogP contribution in [0.15, 0.2) is 59.6 Å². The highest BCUT2D eigenvalue weighted by molar-refractivity contribution is 7.92. The fraction of sp³-hybridized carbons (Fsp3) is 0.0588. The summed E-state index contributed by atoms with van der Waals surface area (Å²) in [5.41, 5.74) is 5.39. The Hall–Kier alpha value is -2.78. The van der Waals surface area contributed by atoms with Crippen molar-refractivity contribution in [1.82, 2.24) is 9.97 Å². The first kappa shape index (κ1) is 19.0. The molecule has 6 nitrogen and oxygen atoms in total. The predicted molar refractivity (Wildman–Crippen MR) is 99.1 cm³/mol. The number of pyridine rings is 2. The van der Waals surface area contributed by atoms with E-state index in [-0.39, 0.29) is 38.5 Å². The van der Waals surface area contributed by atoms with Gasteiger partial charge in [0.05, 0.1) is 10.7 Å². The number of nitrogens with two attached hydrogens (primary N) is 1. The van der Waals surface area contributed by atoms with Crippen molar-refractivity contribution in [1.29, 1.82) is 0 Å². The summed E-state index contributed by atoms with van der Waals surface area (Å²) in [5, 5.41) is -0.193. The van der Waals surface area contributed by atoms with E-state index in [2.05, 4.69) is 14.7 Å². The minimum absolute atomic E-state index is 0.0355. The van der Waals surface area contributed by atoms with Crippen LogP contribution in [0.3, 0.4) is 0 Å². The summed E-state index contributed by atoms with van der Waals surface area (Å²) in [5.74, 6) is -0.0591. The first-order chi connectivity index (χ1) is 12.8. The molecule has 0 atom stereocenters. The monoisotopic (exact) mass is 410 g/mol. The highest BCUT2D eigenvalue weighted by atomic mass is 35.5. The third-order valence-electron chi connectivity index (χ3n) is 3.56. The predicted octanol–water partition coefficient (Wildman–Crippen LogP) is 4.12. The summed E-state index contributed by atoms with van der Waals surface area (Å²) in [4.78, 5) is 7.85. The fourth-order valence-corrected chi connectivity index (χ4v) is 3.55. The zero-order valence-corrected chi connectivity index (χ0v) is 15.2. The van der Waals surface area contributed by atoms with Gasteiger partial charge in [0.25, 0.3) is 16.4 Å². The van der Waals surface area contributed by atoms with Gasteiger partial charge in [0, 0.05) is 11.1 Å². The van der Waals surface area contributed by atoms with E-state index < -0.39 is 16.4 Å². The molecule has 0 amide bonds. The van der Waals surface area contributed by atoms with Gasteiger partial charge in [0.15, 0.2) is 5.03 Å². The molecule has 0 aliphatic heterocycles. The second-order valence-corrected chi connectivity index (χ2v) is 7.46. The van der Waals surface area contributed by atoms with Crippen LogP contribution in [0.2, 0.25) is 5.02 Å². The first-order valence-corrected chi connectivity index (χ1v) is 9.43. The van der Waals surface area contributed by atoms with Crippen LogP contribution in [0.1, 0.15) is 12.0 Å². The van der Waals surface area contributed by atoms with Crippen LogP contribution in [0.4, 0.5) is 20.4 Å². The molecular formula is C17H13ClF2N4O2S. The minimum Gasteiger partial charge on any atom is -0.384 e. The SMILES string of the molecule is Nc1cccc(S(=O)(=O)Nc2ccc(Cl)c(-c3ccccc3C(F)F)n2)n1. The molecule has 3 aromatic rings. The number of nitrogen functional groups attached to an aromatic ring is 1. The number of sulfonamides is 1. The van der Waals surface area contributed by atoms with Crippen LogP contribution in [0, 0.1) is 0 Å². The van der Waals surface area contributed by atoms with Gasteiger partial charge in [-0.25, -0.2) is 18.7 Å². The van der Waals surface area contributed by atoms with E-state index in [9.17, 15) is 17.2 Å². The molecule has 0 bridgehead atoms. The minimum atomic E-state index is -4.07. The first-order valence-electron chi connectivity index (χ1n) is 7.57. The third kappa shape index (κ3) is 4.15. The third-order valence-corrected chi connectivity index (χ3v) is 5.12. The summed E-state index contributed by atoms with van der Waals surface area (Å²) in [6.45, 7) is 0. The number of aromatic nitrogens is 2. The van der Waals surface area contributed by atoms with Gasteiger partial charge in [-0.3, -0.25) is 4.72 Å². The van der Waals surface area contributed by atoms with Crippen molar-refractivity contribution in [3.63, 3.8) is 0 Å². The molecular weight excluding hydrogens is 398 g/mol. The lowest BCUT2D eigenvalue weighted by molar-refractivity contribution is 0.152. The second kappa shape index (κ2) is 7.45. The molecule has 0 radical (unpaired) electrons. The summed E-state index contributed by atoms with van der Waals surface area (Å²) < 4.78 is 53.7. The smallest absolute Gasteiger partial charge is 0.280 e. The fourth-order valence-electron chi connectivity index (χ4n) is 2.36. The van der Waals surface area contributed by atoms with Gasteiger partial charge in [-0.05, 0) is 24.3 Å². The summed E-state index contributed by atoms with van der Waals surface area (Å²) in [6, 6.07) is 12.6. The van der Waals surface area contributed by atoms with Crippen molar-refractivity contribution in [3.05, 3.63) is 65.2 Å². The number of alkyl halides is 2. The van der Waals surface area contributed by atoms with Crippen LogP contribution >= 0.6 is 11.6 Å². The molecule has 10 heteroatoms. The van der Waals surface area contributed by atoms with Crippen LogP contribution in [0.5, 0.6) is 0 Å². The average Bonchev–Trinajstić information content (AvgIpc) is 2.63. The average molecular weight is 411 g/mol. The molecule has 0 saturated carbocycles. The van der Waals surface area contributed by atoms with Crippen LogP contribution < -0.4 is 10.5 Å². The van der Waals surface area contributed by atoms with Gasteiger partial charge in [0.1, 0.15) is 11.6 Å². The molecule has 0 aliphatic rings. The molecule has 0 spiro atoms. The molecule has 0 unspecified atom stereocenters. The number of nitrogens with one attached hydrogen (secondary N) is 1. The highest BCUT2D eigenvalue weighted by Gasteiger charge is 2.20. The number of benzene rings is 1. The Morgan fingerprint density at radius 3 is 2.44 bits per heavy atom. The lowest BCUT2D eigenvalue weighted by atomic mass is 10.0. The number of anilines is 2. The van der Waals surface area contributed by atoms with E-state index in [0.29, 0.717) is 0 Å². The Morgan fingerprint density at radius 1 is 1.00 bits per heavy atom. The maximum atomic E-state index is 13.3. The maximum absolute atomic E-state index is 13.3. The topological polar surface area (TPSA) is 98.0 Å². The number of halogens is 3. The van der Waals surface area contributed by atoms with Gasteiger partial charge >= 0.3 is 0 Å². The van der Waals surface area contributed by atoms with E-state index >= 15 is 0 Å². The zero-order chi connectivity index (χ0) is 19.6. The molecule has 0 saturated heterocycles. The van der Waals surface area contributed by atoms with Crippen LogP contribution in [-0.4, -0.2) is 18.4 Å². The van der Waals surface area contributed by atoms with Gasteiger partial charge in [0.2, 0.25) is 0 Å². The Bertz CT molecular complexity index is 1090. The van der Waals surface area contributed by atoms with Crippen molar-refractivity contribution in [2.75, 3.05) is 10.5 Å². The molecule has 3 rings (SSSR count). The number of hydrogen-bond acceptors (Lipinski definition) is 5. The van der Waals surface area contributed by atoms with E-state index in [4.69, 9.17) is 17.3 Å². The molecule has 27 heavy (non-hydrogen) atoms. The van der Waals surface area contributed by atoms with Crippen LogP contribution in [-0.2, 0) is 10.0 Å². The molecule has 0 fully saturated rings. The largest absolute Gasteiger partial charge is 0.384 e. The van der Waals surface area contributed by atoms with Gasteiger partial charge in [-0.15, -0.1) is 0 Å². The number of hydrogen-bond donors (Lipinski definition) is 2. The number of rotatable bonds is 5. The zero-order valence-electron chi connectivity index (χ0n) is 13.6. The molecule has 2 heterocycles. The molecule has 140 valence electrons. The molecule has 3 N–H and O–H groups in total. The molecule has 0 aliphatic carbocycles. The quantitative estimate of drug-likeness (QED) is 0.659. The van der Waals surface area contributed by atoms with E-state index in [1.54, 1.807) is 6.07 Å². The van der Waals surface area contributed by atoms with Gasteiger partial charge in [-0.1, -0.05) is 41.9 Å². The summed E-state index contributed by atoms with van der Waals surface area (Å²) in [6.07, 6.45) is -2.74. The Labute approximate surface area is 159 Å². The Balaban J connectivity index is 2.02. The Morgan fingerprint density at radius 2 is 1.74 bits per heavy atom. The highest BCUT2D eigenvalue weighted by Crippen LogP contribution is 2.34. The summed E-state index contributed by atoms with van der Waals surface area (Å²) >= 11 is 6.10. The van der Waals surface area contributed by atoms with Gasteiger partial charge in [-0.2, -0.15) is 8.42 Å². The normalized spacial score (nSPS) is 11.6. The number of nitrogens with zero attached hydrogens (tertiary/aromatic N) is 2. The molecule has 1 aromatic carbocycles. The van der Waals surface area contributed by atoms with Crippen molar-refractivity contribution in [2.45, 2.75) is 11.5 Å². The standard InChI is InChI=1S/C17H13ClF2N4O2S/c18-12-8-9-14(24-27(25,26)15-7-3-6-13(21)22-15)23-16(12)10-4-1-2-5-11(10)17(19)20/h1-9,17H,(H2,21,22)(H,23,24). The van der Waals surface area contributed by atoms with Crippen molar-refractivity contribution >= 4 is 33.3 Å². The lowest BCUT2D eigenvalue weighted by Crippen LogP contribution is -2.16. The summed E-state index contributed by atoms with van der Waals surface area (Å²) in [7, 11) is -4.07. The lowest BCUT2D eigenvalue weighted by Gasteiger charge is -2.12. The maximum Gasteiger partial charge on any atom is 0.280 e. The van der Waals surface area contributed by atoms with E-state index in [1.165, 1.54) is 48.5 Å². The Kier molecular flexibility index (Phi) is 5.24. The van der Waals surface area contributed by atoms with Crippen molar-refractivity contribution in [3.8, 4) is 11.3 Å². The van der Waals surface area contributed by atoms with Crippen LogP contribution in [0.25, 0.3) is 11.3 Å². The van der Waals surface area contributed by atoms with Crippen molar-refractivity contribution in [2.24, 2.45) is 0 Å². The van der Waals surface area contributed by atoms with E-state index in [0.717, 1.165) is 0 Å². The van der Waals surface area contributed by atoms with Crippen molar-refractivity contribution < 1.29 is 17.2 Å². The second-order valence-electron chi connectivity index (χ2n) is 5.42. The van der Waals surface area contributed by atoms with Gasteiger partial charge < -0.3 is 5.73 Å². The molecule has 2 aromatic heterocycles. The van der Waals surface area contributed by atoms with E-state index in [1.807, 2.05) is 0 Å².